The molecule has 0 radical (unpaired) electrons. The summed E-state index contributed by atoms with van der Waals surface area (Å²) in [5.41, 5.74) is 6.53. The third-order valence-corrected chi connectivity index (χ3v) is 8.09. The summed E-state index contributed by atoms with van der Waals surface area (Å²) < 4.78 is 5.18. The van der Waals surface area contributed by atoms with E-state index in [0.29, 0.717) is 0 Å². The highest BCUT2D eigenvalue weighted by Crippen LogP contribution is 2.51. The van der Waals surface area contributed by atoms with Crippen LogP contribution < -0.4 is 4.57 Å². The molecule has 156 valence electrons. The zero-order chi connectivity index (χ0) is 21.5. The van der Waals surface area contributed by atoms with Crippen molar-refractivity contribution in [1.82, 2.24) is 9.38 Å². The zero-order valence-electron chi connectivity index (χ0n) is 19.5. The van der Waals surface area contributed by atoms with Crippen molar-refractivity contribution in [3.05, 3.63) is 53.9 Å². The Kier molecular flexibility index (Phi) is 3.95. The van der Waals surface area contributed by atoms with E-state index in [2.05, 4.69) is 99.9 Å². The Morgan fingerprint density at radius 3 is 2.27 bits per heavy atom. The van der Waals surface area contributed by atoms with E-state index in [1.54, 1.807) is 0 Å². The molecule has 2 aromatic heterocycles. The lowest BCUT2D eigenvalue weighted by atomic mass is 9.60. The molecular formula is C27H34N3+. The predicted molar refractivity (Wildman–Crippen MR) is 125 cm³/mol. The summed E-state index contributed by atoms with van der Waals surface area (Å²) in [6, 6.07) is 15.7. The molecule has 2 aromatic carbocycles. The molecule has 3 nitrogen and oxygen atoms in total. The highest BCUT2D eigenvalue weighted by Gasteiger charge is 2.57. The van der Waals surface area contributed by atoms with Gasteiger partial charge in [-0.3, -0.25) is 0 Å². The van der Waals surface area contributed by atoms with Crippen LogP contribution in [0.5, 0.6) is 0 Å². The molecule has 1 unspecified atom stereocenters. The summed E-state index contributed by atoms with van der Waals surface area (Å²) >= 11 is 0. The van der Waals surface area contributed by atoms with Crippen LogP contribution in [0.25, 0.3) is 27.6 Å². The van der Waals surface area contributed by atoms with Crippen LogP contribution >= 0.6 is 0 Å². The molecule has 30 heavy (non-hydrogen) atoms. The monoisotopic (exact) mass is 400 g/mol. The molecule has 0 amide bonds. The molecule has 1 aliphatic heterocycles. The summed E-state index contributed by atoms with van der Waals surface area (Å²) in [4.78, 5) is 5.28. The minimum Gasteiger partial charge on any atom is -0.216 e. The van der Waals surface area contributed by atoms with E-state index >= 15 is 0 Å². The number of imidazole rings is 1. The molecule has 0 saturated heterocycles. The number of nitrogens with zero attached hydrogens (tertiary/aromatic N) is 3. The summed E-state index contributed by atoms with van der Waals surface area (Å²) in [5, 5.41) is 1.34. The molecule has 0 saturated carbocycles. The molecule has 3 heterocycles. The second kappa shape index (κ2) is 6.06. The van der Waals surface area contributed by atoms with E-state index in [-0.39, 0.29) is 16.4 Å². The van der Waals surface area contributed by atoms with Gasteiger partial charge in [0.15, 0.2) is 11.0 Å². The third kappa shape index (κ3) is 2.06. The molecule has 1 atom stereocenters. The Hall–Kier alpha value is -2.42. The molecular weight excluding hydrogens is 366 g/mol. The largest absolute Gasteiger partial charge is 0.299 e. The fourth-order valence-corrected chi connectivity index (χ4v) is 6.40. The first-order valence-corrected chi connectivity index (χ1v) is 11.5. The molecule has 4 aromatic rings. The van der Waals surface area contributed by atoms with E-state index in [4.69, 9.17) is 4.98 Å². The van der Waals surface area contributed by atoms with Gasteiger partial charge in [-0.2, -0.15) is 4.40 Å². The highest BCUT2D eigenvalue weighted by molar-refractivity contribution is 5.97. The lowest BCUT2D eigenvalue weighted by molar-refractivity contribution is -0.733. The van der Waals surface area contributed by atoms with E-state index in [1.165, 1.54) is 27.6 Å². The maximum absolute atomic E-state index is 5.28. The Bertz CT molecular complexity index is 1300. The highest BCUT2D eigenvalue weighted by atomic mass is 15.2. The first kappa shape index (κ1) is 19.5. The van der Waals surface area contributed by atoms with Gasteiger partial charge in [-0.25, -0.2) is 9.55 Å². The minimum absolute atomic E-state index is 0.0217. The molecule has 0 N–H and O–H groups in total. The number of aromatic nitrogens is 3. The van der Waals surface area contributed by atoms with Gasteiger partial charge in [0.2, 0.25) is 5.82 Å². The van der Waals surface area contributed by atoms with Gasteiger partial charge in [-0.05, 0) is 43.0 Å². The van der Waals surface area contributed by atoms with E-state index in [1.807, 2.05) is 0 Å². The average molecular weight is 401 g/mol. The Morgan fingerprint density at radius 2 is 1.63 bits per heavy atom. The molecule has 0 bridgehead atoms. The standard InChI is InChI=1S/C27H34N3/c1-8-26(7)18-14-13-15-19-22(18)23-29(24(28-19)25(4,5)6)20-16-11-12-17-21(20)30(23)27(26,9-2)10-3/h11-17H,8-10H2,1-7H3/q+1. The lowest BCUT2D eigenvalue weighted by Crippen LogP contribution is -2.67. The van der Waals surface area contributed by atoms with Crippen molar-refractivity contribution in [2.75, 3.05) is 0 Å². The Balaban J connectivity index is 2.20. The second-order valence-corrected chi connectivity index (χ2v) is 10.3. The van der Waals surface area contributed by atoms with Gasteiger partial charge in [0.05, 0.1) is 10.9 Å². The summed E-state index contributed by atoms with van der Waals surface area (Å²) in [6.45, 7) is 16.4. The number of fused-ring (bicyclic) bond motifs is 3. The maximum Gasteiger partial charge on any atom is 0.299 e. The normalized spacial score (nSPS) is 20.6. The van der Waals surface area contributed by atoms with Gasteiger partial charge in [-0.15, -0.1) is 0 Å². The van der Waals surface area contributed by atoms with Crippen LogP contribution in [0.4, 0.5) is 0 Å². The summed E-state index contributed by atoms with van der Waals surface area (Å²) in [5.74, 6) is 1.14. The Morgan fingerprint density at radius 1 is 0.933 bits per heavy atom. The van der Waals surface area contributed by atoms with Gasteiger partial charge in [0.25, 0.3) is 5.65 Å². The van der Waals surface area contributed by atoms with Crippen LogP contribution in [0, 0.1) is 0 Å². The molecule has 0 spiro atoms. The van der Waals surface area contributed by atoms with Crippen molar-refractivity contribution < 1.29 is 4.57 Å². The minimum atomic E-state index is -0.0591. The first-order valence-electron chi connectivity index (χ1n) is 11.5. The Labute approximate surface area is 179 Å². The average Bonchev–Trinajstić information content (AvgIpc) is 3.09. The van der Waals surface area contributed by atoms with Crippen molar-refractivity contribution in [1.29, 1.82) is 0 Å². The topological polar surface area (TPSA) is 21.2 Å². The summed E-state index contributed by atoms with van der Waals surface area (Å²) in [6.07, 6.45) is 3.31. The number of para-hydroxylation sites is 2. The van der Waals surface area contributed by atoms with E-state index < -0.39 is 0 Å². The van der Waals surface area contributed by atoms with Gasteiger partial charge < -0.3 is 0 Å². The lowest BCUT2D eigenvalue weighted by Gasteiger charge is -2.48. The van der Waals surface area contributed by atoms with E-state index in [0.717, 1.165) is 30.6 Å². The molecule has 5 rings (SSSR count). The van der Waals surface area contributed by atoms with Gasteiger partial charge in [0.1, 0.15) is 5.54 Å². The SMILES string of the molecule is CCC1(C)c2cccc3nc(C(C)(C)C)n4c5ccccc5[n+](c4c23)C1(CC)CC. The second-order valence-electron chi connectivity index (χ2n) is 10.3. The fraction of sp³-hybridized carbons (Fsp3) is 0.481. The van der Waals surface area contributed by atoms with Crippen LogP contribution in [0.15, 0.2) is 42.5 Å². The fourth-order valence-electron chi connectivity index (χ4n) is 6.40. The maximum atomic E-state index is 5.28. The van der Waals surface area contributed by atoms with Crippen molar-refractivity contribution in [2.45, 2.75) is 84.1 Å². The van der Waals surface area contributed by atoms with Crippen LogP contribution in [-0.4, -0.2) is 9.38 Å². The molecule has 1 aliphatic rings. The first-order chi connectivity index (χ1) is 14.2. The number of hydrogen-bond donors (Lipinski definition) is 0. The van der Waals surface area contributed by atoms with Crippen LogP contribution in [-0.2, 0) is 16.4 Å². The van der Waals surface area contributed by atoms with Gasteiger partial charge >= 0.3 is 0 Å². The predicted octanol–water partition coefficient (Wildman–Crippen LogP) is 6.42. The smallest absolute Gasteiger partial charge is 0.216 e. The number of benzene rings is 2. The van der Waals surface area contributed by atoms with E-state index in [9.17, 15) is 0 Å². The van der Waals surface area contributed by atoms with Crippen LogP contribution in [0.2, 0.25) is 0 Å². The van der Waals surface area contributed by atoms with Crippen molar-refractivity contribution in [2.24, 2.45) is 0 Å². The number of hydrogen-bond acceptors (Lipinski definition) is 1. The van der Waals surface area contributed by atoms with Crippen molar-refractivity contribution in [3.63, 3.8) is 0 Å². The molecule has 0 aliphatic carbocycles. The zero-order valence-corrected chi connectivity index (χ0v) is 19.5. The molecule has 0 fully saturated rings. The van der Waals surface area contributed by atoms with Crippen LogP contribution in [0.3, 0.4) is 0 Å². The third-order valence-electron chi connectivity index (χ3n) is 8.09. The number of rotatable bonds is 3. The van der Waals surface area contributed by atoms with Gasteiger partial charge in [0, 0.05) is 10.8 Å². The van der Waals surface area contributed by atoms with Crippen LogP contribution in [0.1, 0.15) is 79.1 Å². The van der Waals surface area contributed by atoms with Crippen molar-refractivity contribution in [3.8, 4) is 0 Å². The quantitative estimate of drug-likeness (QED) is 0.363. The molecule has 3 heteroatoms. The van der Waals surface area contributed by atoms with Crippen molar-refractivity contribution >= 4 is 27.6 Å². The summed E-state index contributed by atoms with van der Waals surface area (Å²) in [7, 11) is 0. The van der Waals surface area contributed by atoms with Gasteiger partial charge in [-0.1, -0.05) is 72.7 Å².